The zero-order chi connectivity index (χ0) is 20.7. The van der Waals surface area contributed by atoms with Crippen LogP contribution in [0.3, 0.4) is 0 Å². The number of hydrogen-bond acceptors (Lipinski definition) is 4. The molecule has 1 aliphatic heterocycles. The van der Waals surface area contributed by atoms with Gasteiger partial charge in [-0.3, -0.25) is 14.0 Å². The van der Waals surface area contributed by atoms with Crippen LogP contribution in [0.15, 0.2) is 21.3 Å². The molecule has 0 spiro atoms. The van der Waals surface area contributed by atoms with Gasteiger partial charge in [-0.05, 0) is 31.6 Å². The van der Waals surface area contributed by atoms with Crippen molar-refractivity contribution in [2.24, 2.45) is 11.8 Å². The van der Waals surface area contributed by atoms with Crippen LogP contribution in [0.1, 0.15) is 51.6 Å². The summed E-state index contributed by atoms with van der Waals surface area (Å²) in [4.78, 5) is 27.6. The Morgan fingerprint density at radius 1 is 1.21 bits per heavy atom. The fourth-order valence-corrected chi connectivity index (χ4v) is 4.70. The Bertz CT molecular complexity index is 1100. The average molecular weight is 399 g/mol. The lowest BCUT2D eigenvalue weighted by atomic mass is 9.91. The highest BCUT2D eigenvalue weighted by Gasteiger charge is 2.25. The summed E-state index contributed by atoms with van der Waals surface area (Å²) in [6, 6.07) is 3.73. The van der Waals surface area contributed by atoms with Gasteiger partial charge in [-0.2, -0.15) is 5.10 Å². The minimum absolute atomic E-state index is 0.140. The van der Waals surface area contributed by atoms with Crippen LogP contribution >= 0.6 is 0 Å². The van der Waals surface area contributed by atoms with Crippen molar-refractivity contribution >= 4 is 22.5 Å². The van der Waals surface area contributed by atoms with Crippen LogP contribution in [-0.2, 0) is 17.8 Å². The minimum Gasteiger partial charge on any atom is -0.460 e. The number of fused-ring (bicyclic) bond motifs is 3. The maximum atomic E-state index is 13.0. The molecule has 0 aromatic carbocycles. The van der Waals surface area contributed by atoms with Gasteiger partial charge < -0.3 is 9.32 Å². The molecule has 1 aliphatic rings. The summed E-state index contributed by atoms with van der Waals surface area (Å²) in [5.74, 6) is 2.93. The number of rotatable bonds is 5. The van der Waals surface area contributed by atoms with Gasteiger partial charge in [0, 0.05) is 44.6 Å². The van der Waals surface area contributed by atoms with Crippen LogP contribution in [-0.4, -0.2) is 38.1 Å². The molecule has 2 atom stereocenters. The fourth-order valence-electron chi connectivity index (χ4n) is 4.70. The summed E-state index contributed by atoms with van der Waals surface area (Å²) in [7, 11) is 0. The van der Waals surface area contributed by atoms with Gasteiger partial charge in [0.1, 0.15) is 17.1 Å². The lowest BCUT2D eigenvalue weighted by molar-refractivity contribution is -0.134. The van der Waals surface area contributed by atoms with Gasteiger partial charge in [0.25, 0.3) is 5.56 Å². The molecule has 4 heterocycles. The average Bonchev–Trinajstić information content (AvgIpc) is 3.19. The van der Waals surface area contributed by atoms with E-state index in [0.717, 1.165) is 30.2 Å². The minimum atomic E-state index is -0.140. The molecule has 3 aromatic heterocycles. The van der Waals surface area contributed by atoms with E-state index in [1.165, 1.54) is 11.1 Å². The van der Waals surface area contributed by atoms with E-state index in [1.807, 2.05) is 29.2 Å². The Kier molecular flexibility index (Phi) is 5.23. The number of furan rings is 1. The van der Waals surface area contributed by atoms with Crippen LogP contribution in [0.4, 0.5) is 0 Å². The van der Waals surface area contributed by atoms with Crippen molar-refractivity contribution in [1.82, 2.24) is 19.1 Å². The molecule has 0 saturated carbocycles. The number of carbonyl (C=O) groups excluding carboxylic acids is 1. The molecule has 0 bridgehead atoms. The molecule has 0 N–H and O–H groups in total. The molecule has 0 radical (unpaired) electrons. The second kappa shape index (κ2) is 7.69. The molecule has 7 heteroatoms. The Morgan fingerprint density at radius 3 is 2.62 bits per heavy atom. The predicted molar refractivity (Wildman–Crippen MR) is 112 cm³/mol. The zero-order valence-corrected chi connectivity index (χ0v) is 17.8. The first-order valence-corrected chi connectivity index (χ1v) is 10.7. The van der Waals surface area contributed by atoms with Crippen LogP contribution < -0.4 is 5.56 Å². The maximum absolute atomic E-state index is 13.0. The van der Waals surface area contributed by atoms with Gasteiger partial charge >= 0.3 is 0 Å². The molecule has 29 heavy (non-hydrogen) atoms. The second-order valence-electron chi connectivity index (χ2n) is 8.62. The second-order valence-corrected chi connectivity index (χ2v) is 8.62. The predicted octanol–water partition coefficient (Wildman–Crippen LogP) is 3.40. The summed E-state index contributed by atoms with van der Waals surface area (Å²) in [5, 5.41) is 4.58. The van der Waals surface area contributed by atoms with E-state index >= 15 is 0 Å². The summed E-state index contributed by atoms with van der Waals surface area (Å²) >= 11 is 0. The smallest absolute Gasteiger partial charge is 0.291 e. The molecular weight excluding hydrogens is 368 g/mol. The number of carbonyl (C=O) groups is 1. The van der Waals surface area contributed by atoms with E-state index in [4.69, 9.17) is 4.42 Å². The van der Waals surface area contributed by atoms with Gasteiger partial charge in [0.15, 0.2) is 5.58 Å². The first kappa shape index (κ1) is 19.7. The Morgan fingerprint density at radius 2 is 1.93 bits per heavy atom. The molecule has 0 aliphatic carbocycles. The lowest BCUT2D eigenvalue weighted by Gasteiger charge is -2.35. The molecule has 1 amide bonds. The Labute approximate surface area is 170 Å². The third-order valence-electron chi connectivity index (χ3n) is 5.86. The number of piperidine rings is 1. The summed E-state index contributed by atoms with van der Waals surface area (Å²) < 4.78 is 9.10. The number of hydrogen-bond donors (Lipinski definition) is 0. The van der Waals surface area contributed by atoms with Crippen molar-refractivity contribution in [2.45, 2.75) is 59.9 Å². The fraction of sp³-hybridized carbons (Fsp3) is 0.591. The standard InChI is InChI=1S/C22H30N4O3/c1-5-20-23-25(8-6-7-21(27)24-12-14(2)9-15(3)13-24)22(28)18-11-19-17(26(18)20)10-16(4)29-19/h10-11,14-15H,5-9,12-13H2,1-4H3. The first-order valence-electron chi connectivity index (χ1n) is 10.7. The van der Waals surface area contributed by atoms with Gasteiger partial charge in [-0.1, -0.05) is 20.8 Å². The summed E-state index contributed by atoms with van der Waals surface area (Å²) in [6.45, 7) is 10.5. The van der Waals surface area contributed by atoms with E-state index in [2.05, 4.69) is 18.9 Å². The van der Waals surface area contributed by atoms with E-state index < -0.39 is 0 Å². The molecule has 4 rings (SSSR count). The highest BCUT2D eigenvalue weighted by Crippen LogP contribution is 2.24. The maximum Gasteiger partial charge on any atom is 0.291 e. The third kappa shape index (κ3) is 3.70. The topological polar surface area (TPSA) is 72.8 Å². The number of likely N-dealkylation sites (tertiary alicyclic amines) is 1. The molecule has 156 valence electrons. The first-order chi connectivity index (χ1) is 13.9. The molecule has 1 saturated heterocycles. The van der Waals surface area contributed by atoms with Crippen LogP contribution in [0.2, 0.25) is 0 Å². The van der Waals surface area contributed by atoms with Gasteiger partial charge in [-0.15, -0.1) is 0 Å². The Balaban J connectivity index is 1.52. The van der Waals surface area contributed by atoms with Gasteiger partial charge in [0.05, 0.1) is 5.52 Å². The van der Waals surface area contributed by atoms with E-state index in [0.29, 0.717) is 48.7 Å². The van der Waals surface area contributed by atoms with E-state index in [-0.39, 0.29) is 11.5 Å². The largest absolute Gasteiger partial charge is 0.460 e. The van der Waals surface area contributed by atoms with Gasteiger partial charge in [0.2, 0.25) is 5.91 Å². The molecule has 7 nitrogen and oxygen atoms in total. The van der Waals surface area contributed by atoms with Crippen LogP contribution in [0, 0.1) is 18.8 Å². The SMILES string of the molecule is CCc1nn(CCCC(=O)N2CC(C)CC(C)C2)c(=O)c2cc3oc(C)cc3n12. The molecular formula is C22H30N4O3. The monoisotopic (exact) mass is 398 g/mol. The van der Waals surface area contributed by atoms with Crippen LogP contribution in [0.25, 0.3) is 16.6 Å². The van der Waals surface area contributed by atoms with Crippen molar-refractivity contribution in [1.29, 1.82) is 0 Å². The highest BCUT2D eigenvalue weighted by atomic mass is 16.3. The van der Waals surface area contributed by atoms with Crippen LogP contribution in [0.5, 0.6) is 0 Å². The van der Waals surface area contributed by atoms with Crippen molar-refractivity contribution in [3.63, 3.8) is 0 Å². The molecule has 1 fully saturated rings. The number of amides is 1. The van der Waals surface area contributed by atoms with Crippen molar-refractivity contribution in [3.05, 3.63) is 34.1 Å². The summed E-state index contributed by atoms with van der Waals surface area (Å²) in [6.07, 6.45) is 2.94. The van der Waals surface area contributed by atoms with Crippen molar-refractivity contribution < 1.29 is 9.21 Å². The third-order valence-corrected chi connectivity index (χ3v) is 5.86. The lowest BCUT2D eigenvalue weighted by Crippen LogP contribution is -2.42. The quantitative estimate of drug-likeness (QED) is 0.660. The van der Waals surface area contributed by atoms with E-state index in [9.17, 15) is 9.59 Å². The molecule has 3 aromatic rings. The van der Waals surface area contributed by atoms with Gasteiger partial charge in [-0.25, -0.2) is 4.68 Å². The summed E-state index contributed by atoms with van der Waals surface area (Å²) in [5.41, 5.74) is 2.03. The Hall–Kier alpha value is -2.57. The van der Waals surface area contributed by atoms with E-state index in [1.54, 1.807) is 6.07 Å². The normalized spacial score (nSPS) is 20.1. The molecule has 2 unspecified atom stereocenters. The number of aromatic nitrogens is 3. The van der Waals surface area contributed by atoms with Crippen molar-refractivity contribution in [3.8, 4) is 0 Å². The highest BCUT2D eigenvalue weighted by molar-refractivity contribution is 5.83. The number of nitrogens with zero attached hydrogens (tertiary/aromatic N) is 4. The number of aryl methyl sites for hydroxylation is 3. The van der Waals surface area contributed by atoms with Crippen molar-refractivity contribution in [2.75, 3.05) is 13.1 Å². The zero-order valence-electron chi connectivity index (χ0n) is 17.8.